The number of alkyl halides is 6. The van der Waals surface area contributed by atoms with E-state index in [9.17, 15) is 0 Å². The summed E-state index contributed by atoms with van der Waals surface area (Å²) in [4.78, 5) is 0. The van der Waals surface area contributed by atoms with Gasteiger partial charge in [-0.3, -0.25) is 0 Å². The molecule has 4 rings (SSSR count). The van der Waals surface area contributed by atoms with Gasteiger partial charge in [-0.05, 0) is 29.2 Å². The molecule has 0 aliphatic heterocycles. The number of halogens is 6. The van der Waals surface area contributed by atoms with Crippen LogP contribution < -0.4 is 31.6 Å². The Bertz CT molecular complexity index is 1780. The van der Waals surface area contributed by atoms with Gasteiger partial charge in [0.05, 0.1) is 27.3 Å². The third kappa shape index (κ3) is 14.9. The summed E-state index contributed by atoms with van der Waals surface area (Å²) >= 11 is 0. The zero-order chi connectivity index (χ0) is 47.5. The molecule has 0 aromatic heterocycles. The Morgan fingerprint density at radius 1 is 0.385 bits per heavy atom. The lowest BCUT2D eigenvalue weighted by Crippen LogP contribution is -2.48. The molecule has 0 heterocycles. The monoisotopic (exact) mass is 974 g/mol. The van der Waals surface area contributed by atoms with Crippen molar-refractivity contribution in [1.82, 2.24) is 4.44 Å². The molecule has 0 spiro atoms. The first-order valence-electron chi connectivity index (χ1n) is 25.1. The topological polar surface area (TPSA) is 3.24 Å². The number of hydrogen-bond donors (Lipinski definition) is 0. The molecule has 0 aliphatic carbocycles. The van der Waals surface area contributed by atoms with Gasteiger partial charge in [-0.25, -0.2) is 4.44 Å². The fraction of sp³-hybridized carbons (Fsp3) is 0.556. The van der Waals surface area contributed by atoms with E-state index in [4.69, 9.17) is 0 Å². The van der Waals surface area contributed by atoms with E-state index in [1.807, 2.05) is 6.92 Å². The van der Waals surface area contributed by atoms with Crippen LogP contribution in [0.5, 0.6) is 0 Å². The van der Waals surface area contributed by atoms with Gasteiger partial charge in [0.2, 0.25) is 0 Å². The van der Waals surface area contributed by atoms with Crippen LogP contribution in [0, 0.1) is 0 Å². The van der Waals surface area contributed by atoms with Crippen molar-refractivity contribution < 1.29 is 26.3 Å². The van der Waals surface area contributed by atoms with Gasteiger partial charge < -0.3 is 0 Å². The molecule has 0 unspecified atom stereocenters. The van der Waals surface area contributed by atoms with Crippen LogP contribution in [0.3, 0.4) is 0 Å². The van der Waals surface area contributed by atoms with E-state index < -0.39 is 55.8 Å². The summed E-state index contributed by atoms with van der Waals surface area (Å²) in [5, 5.41) is 4.66. The highest BCUT2D eigenvalue weighted by Gasteiger charge is 2.44. The molecule has 65 heavy (non-hydrogen) atoms. The van der Waals surface area contributed by atoms with Crippen LogP contribution in [0.4, 0.5) is 26.3 Å². The van der Waals surface area contributed by atoms with Crippen molar-refractivity contribution in [1.29, 1.82) is 0 Å². The van der Waals surface area contributed by atoms with Crippen LogP contribution in [0.1, 0.15) is 149 Å². The third-order valence-corrected chi connectivity index (χ3v) is 30.2. The van der Waals surface area contributed by atoms with Gasteiger partial charge >= 0.3 is 12.4 Å². The van der Waals surface area contributed by atoms with Crippen molar-refractivity contribution in [3.05, 3.63) is 108 Å². The molecule has 4 aromatic carbocycles. The van der Waals surface area contributed by atoms with Gasteiger partial charge in [0, 0.05) is 33.3 Å². The Hall–Kier alpha value is -2.29. The minimum absolute atomic E-state index is 0.0845. The SMILES string of the molecule is CCCCN(P(c1ccc([Si](CCCC)(CCCC)CCCC)cc1)c1ccc([Si](CCCC)(CCCC)CCCC)cc1)P(c1ccccc1C(F)(F)F)c1ccccc1C(F)(F)F. The first kappa shape index (κ1) is 55.3. The van der Waals surface area contributed by atoms with Crippen LogP contribution in [0.2, 0.25) is 36.3 Å². The fourth-order valence-electron chi connectivity index (χ4n) is 9.80. The summed E-state index contributed by atoms with van der Waals surface area (Å²) in [6.45, 7) is 16.0. The highest BCUT2D eigenvalue weighted by atomic mass is 31.2. The predicted octanol–water partition coefficient (Wildman–Crippen LogP) is 16.3. The van der Waals surface area contributed by atoms with Crippen LogP contribution >= 0.6 is 16.1 Å². The van der Waals surface area contributed by atoms with E-state index in [0.717, 1.165) is 67.7 Å². The van der Waals surface area contributed by atoms with Gasteiger partial charge in [0.15, 0.2) is 0 Å². The van der Waals surface area contributed by atoms with E-state index in [2.05, 4.69) is 94.5 Å². The lowest BCUT2D eigenvalue weighted by atomic mass is 10.2. The molecule has 0 saturated heterocycles. The fourth-order valence-corrected chi connectivity index (χ4v) is 27.3. The maximum absolute atomic E-state index is 15.2. The summed E-state index contributed by atoms with van der Waals surface area (Å²) in [5.41, 5.74) is -1.75. The second-order valence-corrected chi connectivity index (χ2v) is 32.2. The summed E-state index contributed by atoms with van der Waals surface area (Å²) in [6.07, 6.45) is 5.79. The largest absolute Gasteiger partial charge is 0.417 e. The molecule has 11 heteroatoms. The van der Waals surface area contributed by atoms with E-state index in [0.29, 0.717) is 13.0 Å². The van der Waals surface area contributed by atoms with Gasteiger partial charge in [0.25, 0.3) is 0 Å². The molecule has 0 radical (unpaired) electrons. The Morgan fingerprint density at radius 2 is 0.677 bits per heavy atom. The number of rotatable bonds is 29. The van der Waals surface area contributed by atoms with Crippen molar-refractivity contribution in [3.8, 4) is 0 Å². The Labute approximate surface area is 394 Å². The first-order chi connectivity index (χ1) is 31.2. The van der Waals surface area contributed by atoms with Crippen LogP contribution in [-0.2, 0) is 12.4 Å². The molecular formula is C54H79F6NP2Si2. The Balaban J connectivity index is 2.12. The van der Waals surface area contributed by atoms with Crippen molar-refractivity contribution in [2.45, 2.75) is 187 Å². The van der Waals surface area contributed by atoms with E-state index >= 15 is 26.3 Å². The first-order valence-corrected chi connectivity index (χ1v) is 32.9. The summed E-state index contributed by atoms with van der Waals surface area (Å²) in [5.74, 6) is 0. The summed E-state index contributed by atoms with van der Waals surface area (Å²) in [6, 6.07) is 36.4. The molecule has 0 fully saturated rings. The van der Waals surface area contributed by atoms with E-state index in [1.54, 1.807) is 12.1 Å². The summed E-state index contributed by atoms with van der Waals surface area (Å²) < 4.78 is 93.6. The molecule has 0 bridgehead atoms. The highest BCUT2D eigenvalue weighted by molar-refractivity contribution is 7.84. The van der Waals surface area contributed by atoms with Gasteiger partial charge in [-0.1, -0.05) is 264 Å². The number of nitrogens with zero attached hydrogens (tertiary/aromatic N) is 1. The molecule has 0 amide bonds. The van der Waals surface area contributed by atoms with Crippen molar-refractivity contribution in [3.63, 3.8) is 0 Å². The molecule has 0 N–H and O–H groups in total. The maximum atomic E-state index is 15.2. The second kappa shape index (κ2) is 27.0. The average molecular weight is 974 g/mol. The maximum Gasteiger partial charge on any atom is 0.417 e. The minimum Gasteiger partial charge on any atom is -0.245 e. The molecule has 0 atom stereocenters. The van der Waals surface area contributed by atoms with Crippen molar-refractivity contribution in [2.24, 2.45) is 0 Å². The number of unbranched alkanes of at least 4 members (excludes halogenated alkanes) is 7. The number of hydrogen-bond acceptors (Lipinski definition) is 1. The van der Waals surface area contributed by atoms with Gasteiger partial charge in [0.1, 0.15) is 0 Å². The molecule has 1 nitrogen and oxygen atoms in total. The lowest BCUT2D eigenvalue weighted by molar-refractivity contribution is -0.137. The smallest absolute Gasteiger partial charge is 0.245 e. The molecule has 360 valence electrons. The number of benzene rings is 4. The lowest BCUT2D eigenvalue weighted by Gasteiger charge is -2.41. The Morgan fingerprint density at radius 3 is 0.954 bits per heavy atom. The quantitative estimate of drug-likeness (QED) is 0.0298. The minimum atomic E-state index is -4.76. The molecular weight excluding hydrogens is 895 g/mol. The predicted molar refractivity (Wildman–Crippen MR) is 279 cm³/mol. The molecule has 0 aliphatic rings. The molecule has 0 saturated carbocycles. The third-order valence-electron chi connectivity index (χ3n) is 13.6. The van der Waals surface area contributed by atoms with Gasteiger partial charge in [-0.15, -0.1) is 0 Å². The van der Waals surface area contributed by atoms with Crippen molar-refractivity contribution >= 4 is 63.9 Å². The normalized spacial score (nSPS) is 12.9. The zero-order valence-electron chi connectivity index (χ0n) is 40.7. The van der Waals surface area contributed by atoms with Gasteiger partial charge in [-0.2, -0.15) is 26.3 Å². The van der Waals surface area contributed by atoms with E-state index in [1.165, 1.54) is 109 Å². The van der Waals surface area contributed by atoms with Crippen LogP contribution in [0.15, 0.2) is 97.1 Å². The average Bonchev–Trinajstić information content (AvgIpc) is 3.30. The summed E-state index contributed by atoms with van der Waals surface area (Å²) in [7, 11) is -7.79. The standard InChI is InChI=1S/C54H79F6NP2Si2/c1-8-15-38-61(63(51-28-24-22-26-49(51)53(55,56)57)52-29-25-23-27-50(52)54(58,59)60)62(45-30-34-47(35-31-45)64(39-16-9-2,40-17-10-3)41-18-11-4)46-32-36-48(37-33-46)65(42-19-12-5,43-20-13-6)44-21-14-7/h22-37H,8-21,38-44H2,1-7H3. The van der Waals surface area contributed by atoms with Crippen molar-refractivity contribution in [2.75, 3.05) is 6.54 Å². The van der Waals surface area contributed by atoms with Crippen LogP contribution in [0.25, 0.3) is 0 Å². The second-order valence-electron chi connectivity index (χ2n) is 18.4. The molecule has 4 aromatic rings. The zero-order valence-corrected chi connectivity index (χ0v) is 44.5. The Kier molecular flexibility index (Phi) is 23.0. The van der Waals surface area contributed by atoms with E-state index in [-0.39, 0.29) is 10.6 Å². The van der Waals surface area contributed by atoms with Crippen LogP contribution in [-0.4, -0.2) is 27.1 Å². The highest BCUT2D eigenvalue weighted by Crippen LogP contribution is 2.57.